The average Bonchev–Trinajstić information content (AvgIpc) is 3.34. The summed E-state index contributed by atoms with van der Waals surface area (Å²) in [5.41, 5.74) is 1.64. The van der Waals surface area contributed by atoms with Gasteiger partial charge in [-0.1, -0.05) is 59.3 Å². The van der Waals surface area contributed by atoms with Gasteiger partial charge in [0.1, 0.15) is 0 Å². The lowest BCUT2D eigenvalue weighted by atomic mass is 10.0. The molecule has 2 aromatic rings. The molecule has 1 aliphatic rings. The van der Waals surface area contributed by atoms with Gasteiger partial charge in [-0.2, -0.15) is 0 Å². The summed E-state index contributed by atoms with van der Waals surface area (Å²) in [6, 6.07) is 17.1. The van der Waals surface area contributed by atoms with E-state index in [1.54, 1.807) is 18.2 Å². The van der Waals surface area contributed by atoms with Crippen molar-refractivity contribution in [3.05, 3.63) is 70.2 Å². The number of carbonyl (C=O) groups is 2. The maximum atomic E-state index is 12.3. The molecule has 4 nitrogen and oxygen atoms in total. The van der Waals surface area contributed by atoms with Crippen molar-refractivity contribution in [2.45, 2.75) is 19.4 Å². The molecule has 25 heavy (non-hydrogen) atoms. The molecule has 0 aliphatic heterocycles. The first-order valence-corrected chi connectivity index (χ1v) is 9.22. The lowest BCUT2D eigenvalue weighted by Crippen LogP contribution is -2.39. The van der Waals surface area contributed by atoms with Crippen molar-refractivity contribution in [3.8, 4) is 0 Å². The van der Waals surface area contributed by atoms with Crippen LogP contribution in [0.3, 0.4) is 0 Å². The van der Waals surface area contributed by atoms with Gasteiger partial charge in [0.2, 0.25) is 5.91 Å². The van der Waals surface area contributed by atoms with Crippen LogP contribution < -0.4 is 10.6 Å². The fraction of sp³-hybridized carbons (Fsp3) is 0.300. The predicted molar refractivity (Wildman–Crippen MR) is 101 cm³/mol. The summed E-state index contributed by atoms with van der Waals surface area (Å²) in [6.07, 6.45) is 1.12. The molecular weight excluding hydrogens is 380 g/mol. The van der Waals surface area contributed by atoms with Crippen LogP contribution in [0, 0.1) is 11.8 Å². The fourth-order valence-electron chi connectivity index (χ4n) is 3.03. The van der Waals surface area contributed by atoms with E-state index < -0.39 is 0 Å². The minimum atomic E-state index is -0.257. The Hall–Kier alpha value is -2.14. The normalized spacial score (nSPS) is 19.8. The highest BCUT2D eigenvalue weighted by Gasteiger charge is 2.40. The summed E-state index contributed by atoms with van der Waals surface area (Å²) in [5, 5.41) is 5.76. The smallest absolute Gasteiger partial charge is 0.251 e. The molecule has 1 fully saturated rings. The summed E-state index contributed by atoms with van der Waals surface area (Å²) >= 11 is 3.34. The number of benzene rings is 2. The Bertz CT molecular complexity index is 763. The SMILES string of the molecule is CC1CC1C(NC(=O)CNC(=O)c1cccc(Br)c1)c1ccccc1. The fourth-order valence-corrected chi connectivity index (χ4v) is 3.43. The van der Waals surface area contributed by atoms with Crippen LogP contribution in [0.5, 0.6) is 0 Å². The molecule has 1 saturated carbocycles. The van der Waals surface area contributed by atoms with Crippen LogP contribution in [0.4, 0.5) is 0 Å². The molecule has 0 heterocycles. The first-order valence-electron chi connectivity index (χ1n) is 8.42. The maximum absolute atomic E-state index is 12.3. The van der Waals surface area contributed by atoms with Gasteiger partial charge in [0.05, 0.1) is 12.6 Å². The second-order valence-corrected chi connectivity index (χ2v) is 7.44. The summed E-state index contributed by atoms with van der Waals surface area (Å²) < 4.78 is 0.830. The number of rotatable bonds is 6. The van der Waals surface area contributed by atoms with Crippen LogP contribution >= 0.6 is 15.9 Å². The zero-order chi connectivity index (χ0) is 17.8. The highest BCUT2D eigenvalue weighted by molar-refractivity contribution is 9.10. The zero-order valence-corrected chi connectivity index (χ0v) is 15.6. The Labute approximate surface area is 156 Å². The molecule has 3 unspecified atom stereocenters. The summed E-state index contributed by atoms with van der Waals surface area (Å²) in [5.74, 6) is 0.651. The van der Waals surface area contributed by atoms with Crippen LogP contribution in [0.15, 0.2) is 59.1 Å². The molecule has 0 bridgehead atoms. The molecular formula is C20H21BrN2O2. The minimum absolute atomic E-state index is 0.00599. The van der Waals surface area contributed by atoms with Crippen molar-refractivity contribution < 1.29 is 9.59 Å². The molecule has 2 aromatic carbocycles. The number of amides is 2. The number of nitrogens with one attached hydrogen (secondary N) is 2. The van der Waals surface area contributed by atoms with E-state index in [9.17, 15) is 9.59 Å². The minimum Gasteiger partial charge on any atom is -0.347 e. The highest BCUT2D eigenvalue weighted by atomic mass is 79.9. The molecule has 3 rings (SSSR count). The van der Waals surface area contributed by atoms with Crippen LogP contribution in [0.1, 0.15) is 35.3 Å². The van der Waals surface area contributed by atoms with E-state index in [0.29, 0.717) is 17.4 Å². The number of hydrogen-bond donors (Lipinski definition) is 2. The number of carbonyl (C=O) groups excluding carboxylic acids is 2. The van der Waals surface area contributed by atoms with E-state index in [1.165, 1.54) is 0 Å². The van der Waals surface area contributed by atoms with Gasteiger partial charge in [-0.25, -0.2) is 0 Å². The van der Waals surface area contributed by atoms with Crippen molar-refractivity contribution >= 4 is 27.7 Å². The Morgan fingerprint density at radius 3 is 2.52 bits per heavy atom. The molecule has 0 radical (unpaired) electrons. The van der Waals surface area contributed by atoms with E-state index in [-0.39, 0.29) is 24.4 Å². The summed E-state index contributed by atoms with van der Waals surface area (Å²) in [4.78, 5) is 24.5. The summed E-state index contributed by atoms with van der Waals surface area (Å²) in [7, 11) is 0. The molecule has 0 saturated heterocycles. The third kappa shape index (κ3) is 4.69. The molecule has 2 amide bonds. The van der Waals surface area contributed by atoms with Gasteiger partial charge in [0, 0.05) is 10.0 Å². The first-order chi connectivity index (χ1) is 12.0. The first kappa shape index (κ1) is 17.7. The predicted octanol–water partition coefficient (Wildman–Crippen LogP) is 3.69. The number of halogens is 1. The quantitative estimate of drug-likeness (QED) is 0.776. The summed E-state index contributed by atoms with van der Waals surface area (Å²) in [6.45, 7) is 2.16. The van der Waals surface area contributed by atoms with Crippen molar-refractivity contribution in [3.63, 3.8) is 0 Å². The van der Waals surface area contributed by atoms with Gasteiger partial charge >= 0.3 is 0 Å². The van der Waals surface area contributed by atoms with E-state index in [1.807, 2.05) is 36.4 Å². The van der Waals surface area contributed by atoms with Crippen LogP contribution in [-0.2, 0) is 4.79 Å². The van der Waals surface area contributed by atoms with Gasteiger partial charge in [0.15, 0.2) is 0 Å². The molecule has 0 aromatic heterocycles. The second-order valence-electron chi connectivity index (χ2n) is 6.53. The van der Waals surface area contributed by atoms with E-state index in [4.69, 9.17) is 0 Å². The van der Waals surface area contributed by atoms with E-state index >= 15 is 0 Å². The van der Waals surface area contributed by atoms with Gasteiger partial charge < -0.3 is 10.6 Å². The standard InChI is InChI=1S/C20H21BrN2O2/c1-13-10-17(13)19(14-6-3-2-4-7-14)23-18(24)12-22-20(25)15-8-5-9-16(21)11-15/h2-9,11,13,17,19H,10,12H2,1H3,(H,22,25)(H,23,24). The van der Waals surface area contributed by atoms with Crippen molar-refractivity contribution in [2.75, 3.05) is 6.54 Å². The van der Waals surface area contributed by atoms with Crippen molar-refractivity contribution in [2.24, 2.45) is 11.8 Å². The molecule has 5 heteroatoms. The second kappa shape index (κ2) is 7.83. The van der Waals surface area contributed by atoms with Crippen LogP contribution in [0.2, 0.25) is 0 Å². The molecule has 2 N–H and O–H groups in total. The maximum Gasteiger partial charge on any atom is 0.251 e. The molecule has 0 spiro atoms. The zero-order valence-electron chi connectivity index (χ0n) is 14.0. The molecule has 3 atom stereocenters. The van der Waals surface area contributed by atoms with Gasteiger partial charge in [0.25, 0.3) is 5.91 Å². The Morgan fingerprint density at radius 1 is 1.16 bits per heavy atom. The van der Waals surface area contributed by atoms with Gasteiger partial charge in [-0.15, -0.1) is 0 Å². The Kier molecular flexibility index (Phi) is 5.53. The van der Waals surface area contributed by atoms with Crippen molar-refractivity contribution in [1.82, 2.24) is 10.6 Å². The van der Waals surface area contributed by atoms with E-state index in [2.05, 4.69) is 33.5 Å². The molecule has 1 aliphatic carbocycles. The third-order valence-corrected chi connectivity index (χ3v) is 5.06. The van der Waals surface area contributed by atoms with Gasteiger partial charge in [-0.05, 0) is 42.0 Å². The monoisotopic (exact) mass is 400 g/mol. The molecule has 130 valence electrons. The topological polar surface area (TPSA) is 58.2 Å². The van der Waals surface area contributed by atoms with Crippen molar-refractivity contribution in [1.29, 1.82) is 0 Å². The third-order valence-electron chi connectivity index (χ3n) is 4.57. The van der Waals surface area contributed by atoms with Crippen LogP contribution in [0.25, 0.3) is 0 Å². The lowest BCUT2D eigenvalue weighted by Gasteiger charge is -2.19. The Balaban J connectivity index is 1.58. The van der Waals surface area contributed by atoms with Crippen LogP contribution in [-0.4, -0.2) is 18.4 Å². The lowest BCUT2D eigenvalue weighted by molar-refractivity contribution is -0.121. The largest absolute Gasteiger partial charge is 0.347 e. The van der Waals surface area contributed by atoms with Gasteiger partial charge in [-0.3, -0.25) is 9.59 Å². The highest BCUT2D eigenvalue weighted by Crippen LogP contribution is 2.46. The Morgan fingerprint density at radius 2 is 1.88 bits per heavy atom. The average molecular weight is 401 g/mol. The number of hydrogen-bond acceptors (Lipinski definition) is 2. The van der Waals surface area contributed by atoms with E-state index in [0.717, 1.165) is 16.5 Å².